The van der Waals surface area contributed by atoms with E-state index in [9.17, 15) is 0 Å². The van der Waals surface area contributed by atoms with Gasteiger partial charge in [-0.15, -0.1) is 0 Å². The number of benzene rings is 1. The number of hydrogen-bond donors (Lipinski definition) is 1. The number of rotatable bonds is 4. The molecule has 1 aromatic heterocycles. The van der Waals surface area contributed by atoms with Crippen molar-refractivity contribution in [3.8, 4) is 17.1 Å². The van der Waals surface area contributed by atoms with E-state index in [-0.39, 0.29) is 6.10 Å². The van der Waals surface area contributed by atoms with E-state index in [1.54, 1.807) is 0 Å². The van der Waals surface area contributed by atoms with Crippen LogP contribution in [0.1, 0.15) is 26.5 Å². The highest BCUT2D eigenvalue weighted by molar-refractivity contribution is 9.10. The maximum Gasteiger partial charge on any atom is 0.161 e. The van der Waals surface area contributed by atoms with E-state index in [4.69, 9.17) is 10.5 Å². The Morgan fingerprint density at radius 1 is 1.30 bits per heavy atom. The van der Waals surface area contributed by atoms with Crippen LogP contribution < -0.4 is 10.5 Å². The minimum absolute atomic E-state index is 0.132. The van der Waals surface area contributed by atoms with Gasteiger partial charge in [-0.25, -0.2) is 9.97 Å². The average Bonchev–Trinajstić information content (AvgIpc) is 2.41. The second-order valence-electron chi connectivity index (χ2n) is 4.74. The third-order valence-electron chi connectivity index (χ3n) is 2.74. The van der Waals surface area contributed by atoms with E-state index in [0.29, 0.717) is 11.6 Å². The molecule has 0 atom stereocenters. The molecule has 0 bridgehead atoms. The van der Waals surface area contributed by atoms with Crippen LogP contribution in [0, 0.1) is 0 Å². The average molecular weight is 336 g/mol. The first kappa shape index (κ1) is 14.8. The number of nitrogens with two attached hydrogens (primary N) is 1. The molecule has 0 saturated heterocycles. The maximum atomic E-state index is 5.92. The summed E-state index contributed by atoms with van der Waals surface area (Å²) in [6.45, 7) is 6.03. The molecule has 0 fully saturated rings. The number of halogens is 1. The minimum atomic E-state index is 0.132. The number of hydrogen-bond acceptors (Lipinski definition) is 4. The molecule has 0 aliphatic carbocycles. The van der Waals surface area contributed by atoms with Gasteiger partial charge >= 0.3 is 0 Å². The summed E-state index contributed by atoms with van der Waals surface area (Å²) in [4.78, 5) is 8.88. The molecule has 4 nitrogen and oxygen atoms in total. The standard InChI is InChI=1S/C15H18BrN3O/c1-4-12-13(16)14(17)19-15(18-12)10-6-5-7-11(8-10)20-9(2)3/h5-9H,4H2,1-3H3,(H2,17,18,19). The van der Waals surface area contributed by atoms with Gasteiger partial charge in [-0.2, -0.15) is 0 Å². The van der Waals surface area contributed by atoms with E-state index in [2.05, 4.69) is 25.9 Å². The molecule has 0 radical (unpaired) electrons. The zero-order valence-corrected chi connectivity index (χ0v) is 13.4. The zero-order valence-electron chi connectivity index (χ0n) is 11.9. The summed E-state index contributed by atoms with van der Waals surface area (Å²) in [5, 5.41) is 0. The normalized spacial score (nSPS) is 10.8. The first-order chi connectivity index (χ1) is 9.51. The number of aryl methyl sites for hydroxylation is 1. The molecule has 2 aromatic rings. The van der Waals surface area contributed by atoms with Crippen LogP contribution in [0.4, 0.5) is 5.82 Å². The van der Waals surface area contributed by atoms with Crippen molar-refractivity contribution in [3.05, 3.63) is 34.4 Å². The van der Waals surface area contributed by atoms with Gasteiger partial charge in [0.1, 0.15) is 11.6 Å². The molecule has 0 saturated carbocycles. The van der Waals surface area contributed by atoms with E-state index in [1.807, 2.05) is 45.0 Å². The highest BCUT2D eigenvalue weighted by Crippen LogP contribution is 2.27. The van der Waals surface area contributed by atoms with Crippen molar-refractivity contribution >= 4 is 21.7 Å². The van der Waals surface area contributed by atoms with Gasteiger partial charge in [0.05, 0.1) is 16.3 Å². The summed E-state index contributed by atoms with van der Waals surface area (Å²) in [5.74, 6) is 1.89. The SMILES string of the molecule is CCc1nc(-c2cccc(OC(C)C)c2)nc(N)c1Br. The number of anilines is 1. The van der Waals surface area contributed by atoms with Crippen molar-refractivity contribution in [2.75, 3.05) is 5.73 Å². The molecular formula is C15H18BrN3O. The van der Waals surface area contributed by atoms with Crippen LogP contribution in [0.3, 0.4) is 0 Å². The van der Waals surface area contributed by atoms with Crippen LogP contribution in [-0.2, 0) is 6.42 Å². The third kappa shape index (κ3) is 3.28. The Hall–Kier alpha value is -1.62. The molecular weight excluding hydrogens is 318 g/mol. The van der Waals surface area contributed by atoms with Crippen LogP contribution in [0.2, 0.25) is 0 Å². The summed E-state index contributed by atoms with van der Waals surface area (Å²) < 4.78 is 6.47. The lowest BCUT2D eigenvalue weighted by atomic mass is 10.2. The summed E-state index contributed by atoms with van der Waals surface area (Å²) in [5.41, 5.74) is 7.73. The van der Waals surface area contributed by atoms with E-state index in [1.165, 1.54) is 0 Å². The zero-order chi connectivity index (χ0) is 14.7. The van der Waals surface area contributed by atoms with Gasteiger partial charge in [-0.05, 0) is 48.3 Å². The van der Waals surface area contributed by atoms with E-state index < -0.39 is 0 Å². The molecule has 1 aromatic carbocycles. The second-order valence-corrected chi connectivity index (χ2v) is 5.53. The quantitative estimate of drug-likeness (QED) is 0.922. The van der Waals surface area contributed by atoms with Gasteiger partial charge in [0, 0.05) is 5.56 Å². The fourth-order valence-corrected chi connectivity index (χ4v) is 2.31. The Bertz CT molecular complexity index is 614. The second kappa shape index (κ2) is 6.22. The predicted octanol–water partition coefficient (Wildman–Crippen LogP) is 3.84. The molecule has 20 heavy (non-hydrogen) atoms. The molecule has 106 valence electrons. The summed E-state index contributed by atoms with van der Waals surface area (Å²) >= 11 is 3.42. The van der Waals surface area contributed by atoms with Crippen molar-refractivity contribution in [2.45, 2.75) is 33.3 Å². The number of ether oxygens (including phenoxy) is 1. The van der Waals surface area contributed by atoms with Gasteiger partial charge < -0.3 is 10.5 Å². The lowest BCUT2D eigenvalue weighted by molar-refractivity contribution is 0.242. The minimum Gasteiger partial charge on any atom is -0.491 e. The molecule has 2 N–H and O–H groups in total. The van der Waals surface area contributed by atoms with E-state index in [0.717, 1.165) is 27.9 Å². The molecule has 0 amide bonds. The molecule has 0 spiro atoms. The fraction of sp³-hybridized carbons (Fsp3) is 0.333. The Balaban J connectivity index is 2.43. The summed E-state index contributed by atoms with van der Waals surface area (Å²) in [6.07, 6.45) is 0.926. The molecule has 2 rings (SSSR count). The van der Waals surface area contributed by atoms with Crippen LogP contribution in [-0.4, -0.2) is 16.1 Å². The molecule has 0 aliphatic heterocycles. The van der Waals surface area contributed by atoms with Crippen LogP contribution in [0.25, 0.3) is 11.4 Å². The Labute approximate surface area is 127 Å². The van der Waals surface area contributed by atoms with Crippen molar-refractivity contribution in [2.24, 2.45) is 0 Å². The predicted molar refractivity (Wildman–Crippen MR) is 84.7 cm³/mol. The molecule has 0 aliphatic rings. The third-order valence-corrected chi connectivity index (χ3v) is 3.61. The van der Waals surface area contributed by atoms with Crippen molar-refractivity contribution in [1.29, 1.82) is 0 Å². The Kier molecular flexibility index (Phi) is 4.60. The van der Waals surface area contributed by atoms with Gasteiger partial charge in [0.15, 0.2) is 5.82 Å². The van der Waals surface area contributed by atoms with Gasteiger partial charge in [0.25, 0.3) is 0 Å². The van der Waals surface area contributed by atoms with Crippen molar-refractivity contribution in [3.63, 3.8) is 0 Å². The molecule has 1 heterocycles. The summed E-state index contributed by atoms with van der Waals surface area (Å²) in [7, 11) is 0. The monoisotopic (exact) mass is 335 g/mol. The van der Waals surface area contributed by atoms with Gasteiger partial charge in [0.2, 0.25) is 0 Å². The first-order valence-corrected chi connectivity index (χ1v) is 7.39. The summed E-state index contributed by atoms with van der Waals surface area (Å²) in [6, 6.07) is 7.74. The van der Waals surface area contributed by atoms with Crippen LogP contribution in [0.5, 0.6) is 5.75 Å². The lowest BCUT2D eigenvalue weighted by Crippen LogP contribution is -2.06. The van der Waals surface area contributed by atoms with Gasteiger partial charge in [-0.1, -0.05) is 19.1 Å². The Morgan fingerprint density at radius 3 is 2.70 bits per heavy atom. The first-order valence-electron chi connectivity index (χ1n) is 6.60. The maximum absolute atomic E-state index is 5.92. The van der Waals surface area contributed by atoms with Crippen LogP contribution >= 0.6 is 15.9 Å². The number of aromatic nitrogens is 2. The van der Waals surface area contributed by atoms with E-state index >= 15 is 0 Å². The Morgan fingerprint density at radius 2 is 2.05 bits per heavy atom. The van der Waals surface area contributed by atoms with Crippen molar-refractivity contribution in [1.82, 2.24) is 9.97 Å². The number of nitrogen functional groups attached to an aromatic ring is 1. The topological polar surface area (TPSA) is 61.0 Å². The highest BCUT2D eigenvalue weighted by Gasteiger charge is 2.11. The van der Waals surface area contributed by atoms with Gasteiger partial charge in [-0.3, -0.25) is 0 Å². The highest BCUT2D eigenvalue weighted by atomic mass is 79.9. The lowest BCUT2D eigenvalue weighted by Gasteiger charge is -2.11. The molecule has 5 heteroatoms. The van der Waals surface area contributed by atoms with Crippen molar-refractivity contribution < 1.29 is 4.74 Å². The largest absolute Gasteiger partial charge is 0.491 e. The smallest absolute Gasteiger partial charge is 0.161 e. The molecule has 0 unspecified atom stereocenters. The number of nitrogens with zero attached hydrogens (tertiary/aromatic N) is 2. The van der Waals surface area contributed by atoms with Crippen LogP contribution in [0.15, 0.2) is 28.7 Å². The fourth-order valence-electron chi connectivity index (χ4n) is 1.86.